The molecule has 0 fully saturated rings. The molecule has 2 rings (SSSR count). The van der Waals surface area contributed by atoms with E-state index in [1.54, 1.807) is 6.07 Å². The number of aromatic nitrogens is 2. The van der Waals surface area contributed by atoms with Crippen LogP contribution in [0, 0.1) is 6.92 Å². The Hall–Kier alpha value is -2.17. The van der Waals surface area contributed by atoms with Crippen LogP contribution >= 0.6 is 0 Å². The van der Waals surface area contributed by atoms with Gasteiger partial charge in [-0.2, -0.15) is 0 Å². The van der Waals surface area contributed by atoms with Crippen molar-refractivity contribution in [2.75, 3.05) is 6.54 Å². The fourth-order valence-electron chi connectivity index (χ4n) is 2.00. The first-order valence-electron chi connectivity index (χ1n) is 6.35. The molecule has 0 radical (unpaired) electrons. The second-order valence-corrected chi connectivity index (χ2v) is 4.42. The van der Waals surface area contributed by atoms with E-state index in [4.69, 9.17) is 0 Å². The Balaban J connectivity index is 2.28. The summed E-state index contributed by atoms with van der Waals surface area (Å²) in [6.45, 7) is 4.74. The molecule has 1 N–H and O–H groups in total. The van der Waals surface area contributed by atoms with Gasteiger partial charge in [-0.25, -0.2) is 4.98 Å². The maximum atomic E-state index is 12.2. The van der Waals surface area contributed by atoms with E-state index in [1.165, 1.54) is 10.9 Å². The average Bonchev–Trinajstić information content (AvgIpc) is 2.39. The van der Waals surface area contributed by atoms with Crippen molar-refractivity contribution in [3.8, 4) is 0 Å². The number of nitrogens with one attached hydrogen (secondary N) is 1. The molecule has 0 atom stereocenters. The van der Waals surface area contributed by atoms with Crippen LogP contribution in [0.2, 0.25) is 0 Å². The second-order valence-electron chi connectivity index (χ2n) is 4.42. The normalized spacial score (nSPS) is 10.6. The number of aryl methyl sites for hydroxylation is 2. The first-order chi connectivity index (χ1) is 9.13. The number of hydrogen-bond acceptors (Lipinski definition) is 3. The van der Waals surface area contributed by atoms with Crippen LogP contribution in [0.25, 0.3) is 10.9 Å². The van der Waals surface area contributed by atoms with E-state index in [9.17, 15) is 9.59 Å². The van der Waals surface area contributed by atoms with E-state index in [0.29, 0.717) is 18.5 Å². The SMILES string of the molecule is CCNC(=O)CCn1cnc2c(C)cccc2c1=O. The van der Waals surface area contributed by atoms with Gasteiger partial charge in [-0.05, 0) is 25.5 Å². The van der Waals surface area contributed by atoms with Crippen LogP contribution in [0.15, 0.2) is 29.3 Å². The Labute approximate surface area is 111 Å². The number of amides is 1. The standard InChI is InChI=1S/C14H17N3O2/c1-3-15-12(18)7-8-17-9-16-13-10(2)5-4-6-11(13)14(17)19/h4-6,9H,3,7-8H2,1-2H3,(H,15,18). The molecular formula is C14H17N3O2. The number of nitrogens with zero attached hydrogens (tertiary/aromatic N) is 2. The van der Waals surface area contributed by atoms with Gasteiger partial charge in [-0.3, -0.25) is 14.2 Å². The van der Waals surface area contributed by atoms with E-state index in [-0.39, 0.29) is 17.9 Å². The minimum absolute atomic E-state index is 0.0567. The first kappa shape index (κ1) is 13.3. The second kappa shape index (κ2) is 5.65. The predicted octanol–water partition coefficient (Wildman–Crippen LogP) is 1.23. The number of rotatable bonds is 4. The summed E-state index contributed by atoms with van der Waals surface area (Å²) in [4.78, 5) is 27.9. The Morgan fingerprint density at radius 2 is 2.21 bits per heavy atom. The third-order valence-corrected chi connectivity index (χ3v) is 3.01. The van der Waals surface area contributed by atoms with Crippen molar-refractivity contribution in [1.82, 2.24) is 14.9 Å². The number of carbonyl (C=O) groups is 1. The molecule has 0 aliphatic rings. The van der Waals surface area contributed by atoms with Crippen LogP contribution in [-0.4, -0.2) is 22.0 Å². The summed E-state index contributed by atoms with van der Waals surface area (Å²) in [5.41, 5.74) is 1.60. The smallest absolute Gasteiger partial charge is 0.261 e. The molecule has 19 heavy (non-hydrogen) atoms. The molecule has 1 aromatic heterocycles. The van der Waals surface area contributed by atoms with Crippen molar-refractivity contribution in [2.24, 2.45) is 0 Å². The Bertz CT molecular complexity index is 661. The zero-order valence-corrected chi connectivity index (χ0v) is 11.1. The summed E-state index contributed by atoms with van der Waals surface area (Å²) in [5, 5.41) is 3.30. The van der Waals surface area contributed by atoms with Crippen LogP contribution in [0.5, 0.6) is 0 Å². The minimum Gasteiger partial charge on any atom is -0.356 e. The molecule has 0 saturated heterocycles. The summed E-state index contributed by atoms with van der Waals surface area (Å²) >= 11 is 0. The molecular weight excluding hydrogens is 242 g/mol. The maximum Gasteiger partial charge on any atom is 0.261 e. The molecule has 0 bridgehead atoms. The lowest BCUT2D eigenvalue weighted by atomic mass is 10.1. The minimum atomic E-state index is -0.0991. The fourth-order valence-corrected chi connectivity index (χ4v) is 2.00. The van der Waals surface area contributed by atoms with Crippen LogP contribution in [-0.2, 0) is 11.3 Å². The van der Waals surface area contributed by atoms with Crippen molar-refractivity contribution in [1.29, 1.82) is 0 Å². The predicted molar refractivity (Wildman–Crippen MR) is 74.0 cm³/mol. The van der Waals surface area contributed by atoms with Gasteiger partial charge in [0.05, 0.1) is 17.2 Å². The number of hydrogen-bond donors (Lipinski definition) is 1. The summed E-state index contributed by atoms with van der Waals surface area (Å²) < 4.78 is 1.48. The van der Waals surface area contributed by atoms with Crippen LogP contribution in [0.4, 0.5) is 0 Å². The lowest BCUT2D eigenvalue weighted by Crippen LogP contribution is -2.27. The average molecular weight is 259 g/mol. The van der Waals surface area contributed by atoms with Gasteiger partial charge in [0, 0.05) is 19.5 Å². The van der Waals surface area contributed by atoms with Gasteiger partial charge in [-0.1, -0.05) is 12.1 Å². The first-order valence-corrected chi connectivity index (χ1v) is 6.35. The van der Waals surface area contributed by atoms with Crippen molar-refractivity contribution in [3.05, 3.63) is 40.4 Å². The van der Waals surface area contributed by atoms with Crippen LogP contribution in [0.3, 0.4) is 0 Å². The zero-order valence-electron chi connectivity index (χ0n) is 11.1. The molecule has 0 aliphatic heterocycles. The molecule has 100 valence electrons. The van der Waals surface area contributed by atoms with Crippen LogP contribution in [0.1, 0.15) is 18.9 Å². The maximum absolute atomic E-state index is 12.2. The van der Waals surface area contributed by atoms with Gasteiger partial charge in [-0.15, -0.1) is 0 Å². The molecule has 1 heterocycles. The summed E-state index contributed by atoms with van der Waals surface area (Å²) in [7, 11) is 0. The fraction of sp³-hybridized carbons (Fsp3) is 0.357. The van der Waals surface area contributed by atoms with Gasteiger partial charge < -0.3 is 5.32 Å². The third-order valence-electron chi connectivity index (χ3n) is 3.01. The van der Waals surface area contributed by atoms with Gasteiger partial charge >= 0.3 is 0 Å². The van der Waals surface area contributed by atoms with Crippen LogP contribution < -0.4 is 10.9 Å². The quantitative estimate of drug-likeness (QED) is 0.898. The van der Waals surface area contributed by atoms with Gasteiger partial charge in [0.1, 0.15) is 0 Å². The highest BCUT2D eigenvalue weighted by Gasteiger charge is 2.07. The molecule has 1 aromatic carbocycles. The highest BCUT2D eigenvalue weighted by Crippen LogP contribution is 2.11. The molecule has 0 unspecified atom stereocenters. The summed E-state index contributed by atoms with van der Waals surface area (Å²) in [6.07, 6.45) is 1.80. The van der Waals surface area contributed by atoms with E-state index >= 15 is 0 Å². The monoisotopic (exact) mass is 259 g/mol. The lowest BCUT2D eigenvalue weighted by Gasteiger charge is -2.07. The van der Waals surface area contributed by atoms with Crippen molar-refractivity contribution in [3.63, 3.8) is 0 Å². The van der Waals surface area contributed by atoms with Crippen molar-refractivity contribution >= 4 is 16.8 Å². The Morgan fingerprint density at radius 3 is 2.95 bits per heavy atom. The molecule has 0 aliphatic carbocycles. The molecule has 5 heteroatoms. The van der Waals surface area contributed by atoms with Gasteiger partial charge in [0.15, 0.2) is 0 Å². The highest BCUT2D eigenvalue weighted by molar-refractivity contribution is 5.80. The van der Waals surface area contributed by atoms with Crippen molar-refractivity contribution < 1.29 is 4.79 Å². The molecule has 0 saturated carbocycles. The number of para-hydroxylation sites is 1. The highest BCUT2D eigenvalue weighted by atomic mass is 16.1. The van der Waals surface area contributed by atoms with E-state index < -0.39 is 0 Å². The molecule has 2 aromatic rings. The molecule has 1 amide bonds. The zero-order chi connectivity index (χ0) is 13.8. The van der Waals surface area contributed by atoms with E-state index in [0.717, 1.165) is 11.1 Å². The molecule has 0 spiro atoms. The Kier molecular flexibility index (Phi) is 3.94. The topological polar surface area (TPSA) is 64.0 Å². The lowest BCUT2D eigenvalue weighted by molar-refractivity contribution is -0.121. The van der Waals surface area contributed by atoms with Gasteiger partial charge in [0.2, 0.25) is 5.91 Å². The largest absolute Gasteiger partial charge is 0.356 e. The van der Waals surface area contributed by atoms with Gasteiger partial charge in [0.25, 0.3) is 5.56 Å². The van der Waals surface area contributed by atoms with E-state index in [2.05, 4.69) is 10.3 Å². The van der Waals surface area contributed by atoms with E-state index in [1.807, 2.05) is 26.0 Å². The number of benzene rings is 1. The summed E-state index contributed by atoms with van der Waals surface area (Å²) in [6, 6.07) is 5.53. The molecule has 5 nitrogen and oxygen atoms in total. The summed E-state index contributed by atoms with van der Waals surface area (Å²) in [5.74, 6) is -0.0567. The van der Waals surface area contributed by atoms with Crippen molar-refractivity contribution in [2.45, 2.75) is 26.8 Å². The Morgan fingerprint density at radius 1 is 1.42 bits per heavy atom. The number of carbonyl (C=O) groups excluding carboxylic acids is 1. The number of fused-ring (bicyclic) bond motifs is 1. The third kappa shape index (κ3) is 2.81.